The van der Waals surface area contributed by atoms with Gasteiger partial charge in [0.15, 0.2) is 5.96 Å². The standard InChI is InChI=1S/C19H32N6S.HI/c1-20-18(22-14-19(24(2)3)9-13-26-15-19)23-16-7-11-25(12-8-16)17-6-4-5-10-21-17;/h4-6,10,16H,7-9,11-15H2,1-3H3,(H2,20,22,23);1H. The summed E-state index contributed by atoms with van der Waals surface area (Å²) >= 11 is 2.05. The van der Waals surface area contributed by atoms with Gasteiger partial charge in [-0.15, -0.1) is 24.0 Å². The van der Waals surface area contributed by atoms with Gasteiger partial charge in [0.05, 0.1) is 0 Å². The molecular weight excluding hydrogens is 471 g/mol. The second-order valence-electron chi connectivity index (χ2n) is 7.44. The van der Waals surface area contributed by atoms with Gasteiger partial charge in [-0.05, 0) is 51.2 Å². The molecule has 1 atom stereocenters. The summed E-state index contributed by atoms with van der Waals surface area (Å²) in [6, 6.07) is 6.58. The summed E-state index contributed by atoms with van der Waals surface area (Å²) in [6.07, 6.45) is 5.31. The average Bonchev–Trinajstić information content (AvgIpc) is 3.17. The Morgan fingerprint density at radius 2 is 2.15 bits per heavy atom. The average molecular weight is 504 g/mol. The van der Waals surface area contributed by atoms with Crippen LogP contribution in [0.15, 0.2) is 29.4 Å². The van der Waals surface area contributed by atoms with Gasteiger partial charge in [-0.1, -0.05) is 6.07 Å². The molecule has 0 spiro atoms. The maximum Gasteiger partial charge on any atom is 0.191 e. The molecule has 2 saturated heterocycles. The fourth-order valence-corrected chi connectivity index (χ4v) is 5.23. The first kappa shape index (κ1) is 22.5. The number of thioether (sulfide) groups is 1. The van der Waals surface area contributed by atoms with Crippen molar-refractivity contribution in [3.05, 3.63) is 24.4 Å². The number of anilines is 1. The van der Waals surface area contributed by atoms with Crippen molar-refractivity contribution in [1.82, 2.24) is 20.5 Å². The topological polar surface area (TPSA) is 55.8 Å². The molecule has 2 aliphatic heterocycles. The first-order chi connectivity index (χ1) is 12.6. The van der Waals surface area contributed by atoms with Gasteiger partial charge < -0.3 is 20.4 Å². The monoisotopic (exact) mass is 504 g/mol. The third kappa shape index (κ3) is 5.87. The van der Waals surface area contributed by atoms with Crippen molar-refractivity contribution in [3.63, 3.8) is 0 Å². The molecule has 3 heterocycles. The Labute approximate surface area is 185 Å². The molecule has 8 heteroatoms. The molecular formula is C19H33IN6S. The van der Waals surface area contributed by atoms with Crippen LogP contribution in [-0.4, -0.2) is 79.7 Å². The molecule has 27 heavy (non-hydrogen) atoms. The molecule has 2 fully saturated rings. The Morgan fingerprint density at radius 1 is 1.37 bits per heavy atom. The van der Waals surface area contributed by atoms with Crippen LogP contribution < -0.4 is 15.5 Å². The summed E-state index contributed by atoms with van der Waals surface area (Å²) in [5, 5.41) is 7.21. The second kappa shape index (κ2) is 10.7. The predicted molar refractivity (Wildman–Crippen MR) is 128 cm³/mol. The minimum Gasteiger partial charge on any atom is -0.356 e. The number of hydrogen-bond donors (Lipinski definition) is 2. The molecule has 1 unspecified atom stereocenters. The zero-order valence-electron chi connectivity index (χ0n) is 16.6. The highest BCUT2D eigenvalue weighted by molar-refractivity contribution is 14.0. The predicted octanol–water partition coefficient (Wildman–Crippen LogP) is 2.27. The SMILES string of the molecule is CN=C(NCC1(N(C)C)CCSC1)NC1CCN(c2ccccn2)CC1.I. The summed E-state index contributed by atoms with van der Waals surface area (Å²) in [5.74, 6) is 4.45. The van der Waals surface area contributed by atoms with E-state index in [4.69, 9.17) is 0 Å². The van der Waals surface area contributed by atoms with Gasteiger partial charge in [0.2, 0.25) is 0 Å². The van der Waals surface area contributed by atoms with E-state index in [0.29, 0.717) is 6.04 Å². The van der Waals surface area contributed by atoms with Crippen LogP contribution in [0, 0.1) is 0 Å². The lowest BCUT2D eigenvalue weighted by molar-refractivity contribution is 0.182. The quantitative estimate of drug-likeness (QED) is 0.365. The van der Waals surface area contributed by atoms with E-state index in [1.54, 1.807) is 0 Å². The number of piperidine rings is 1. The first-order valence-electron chi connectivity index (χ1n) is 9.51. The van der Waals surface area contributed by atoms with Gasteiger partial charge in [0.25, 0.3) is 0 Å². The van der Waals surface area contributed by atoms with E-state index in [9.17, 15) is 0 Å². The van der Waals surface area contributed by atoms with Crippen molar-refractivity contribution >= 4 is 47.5 Å². The molecule has 0 aliphatic carbocycles. The normalized spacial score (nSPS) is 24.0. The molecule has 152 valence electrons. The molecule has 2 aliphatic rings. The third-order valence-electron chi connectivity index (χ3n) is 5.65. The lowest BCUT2D eigenvalue weighted by Crippen LogP contribution is -2.56. The Morgan fingerprint density at radius 3 is 2.70 bits per heavy atom. The molecule has 3 rings (SSSR count). The number of nitrogens with zero attached hydrogens (tertiary/aromatic N) is 4. The zero-order valence-corrected chi connectivity index (χ0v) is 19.8. The number of hydrogen-bond acceptors (Lipinski definition) is 5. The van der Waals surface area contributed by atoms with Crippen LogP contribution in [0.25, 0.3) is 0 Å². The highest BCUT2D eigenvalue weighted by atomic mass is 127. The Balaban J connectivity index is 0.00000261. The van der Waals surface area contributed by atoms with Gasteiger partial charge in [-0.3, -0.25) is 4.99 Å². The summed E-state index contributed by atoms with van der Waals surface area (Å²) in [5.41, 5.74) is 0.241. The van der Waals surface area contributed by atoms with E-state index in [-0.39, 0.29) is 29.5 Å². The molecule has 0 amide bonds. The zero-order chi connectivity index (χ0) is 18.4. The Kier molecular flexibility index (Phi) is 8.94. The van der Waals surface area contributed by atoms with Crippen LogP contribution in [0.3, 0.4) is 0 Å². The van der Waals surface area contributed by atoms with Crippen LogP contribution in [0.1, 0.15) is 19.3 Å². The van der Waals surface area contributed by atoms with E-state index < -0.39 is 0 Å². The second-order valence-corrected chi connectivity index (χ2v) is 8.55. The molecule has 0 aromatic carbocycles. The number of halogens is 1. The number of likely N-dealkylation sites (N-methyl/N-ethyl adjacent to an activating group) is 1. The highest BCUT2D eigenvalue weighted by Gasteiger charge is 2.36. The third-order valence-corrected chi connectivity index (χ3v) is 6.88. The lowest BCUT2D eigenvalue weighted by atomic mass is 9.97. The van der Waals surface area contributed by atoms with Crippen molar-refractivity contribution in [2.24, 2.45) is 4.99 Å². The summed E-state index contributed by atoms with van der Waals surface area (Å²) in [6.45, 7) is 3.01. The summed E-state index contributed by atoms with van der Waals surface area (Å²) < 4.78 is 0. The number of aromatic nitrogens is 1. The van der Waals surface area contributed by atoms with Crippen molar-refractivity contribution in [3.8, 4) is 0 Å². The van der Waals surface area contributed by atoms with Crippen LogP contribution in [0.5, 0.6) is 0 Å². The molecule has 6 nitrogen and oxygen atoms in total. The molecule has 1 aromatic rings. The smallest absolute Gasteiger partial charge is 0.191 e. The largest absolute Gasteiger partial charge is 0.356 e. The molecule has 2 N–H and O–H groups in total. The maximum atomic E-state index is 4.47. The van der Waals surface area contributed by atoms with Gasteiger partial charge in [-0.25, -0.2) is 4.98 Å². The van der Waals surface area contributed by atoms with E-state index >= 15 is 0 Å². The molecule has 0 bridgehead atoms. The van der Waals surface area contributed by atoms with Crippen LogP contribution in [-0.2, 0) is 0 Å². The highest BCUT2D eigenvalue weighted by Crippen LogP contribution is 2.31. The fraction of sp³-hybridized carbons (Fsp3) is 0.684. The van der Waals surface area contributed by atoms with Crippen LogP contribution in [0.2, 0.25) is 0 Å². The van der Waals surface area contributed by atoms with Crippen LogP contribution in [0.4, 0.5) is 5.82 Å². The summed E-state index contributed by atoms with van der Waals surface area (Å²) in [7, 11) is 6.25. The van der Waals surface area contributed by atoms with Crippen molar-refractivity contribution < 1.29 is 0 Å². The molecule has 0 radical (unpaired) electrons. The van der Waals surface area contributed by atoms with Gasteiger partial charge in [0.1, 0.15) is 5.82 Å². The van der Waals surface area contributed by atoms with Crippen LogP contribution >= 0.6 is 35.7 Å². The number of aliphatic imine (C=N–C) groups is 1. The first-order valence-corrected chi connectivity index (χ1v) is 10.7. The van der Waals surface area contributed by atoms with Crippen molar-refractivity contribution in [2.45, 2.75) is 30.8 Å². The Bertz CT molecular complexity index is 583. The van der Waals surface area contributed by atoms with Gasteiger partial charge in [0, 0.05) is 50.2 Å². The lowest BCUT2D eigenvalue weighted by Gasteiger charge is -2.37. The molecule has 1 aromatic heterocycles. The molecule has 0 saturated carbocycles. The maximum absolute atomic E-state index is 4.47. The van der Waals surface area contributed by atoms with E-state index in [0.717, 1.165) is 44.3 Å². The minimum absolute atomic E-state index is 0. The number of guanidine groups is 1. The number of nitrogens with one attached hydrogen (secondary N) is 2. The van der Waals surface area contributed by atoms with Crippen molar-refractivity contribution in [2.75, 3.05) is 57.2 Å². The van der Waals surface area contributed by atoms with Gasteiger partial charge >= 0.3 is 0 Å². The Hall–Kier alpha value is -0.740. The van der Waals surface area contributed by atoms with Crippen molar-refractivity contribution in [1.29, 1.82) is 0 Å². The van der Waals surface area contributed by atoms with E-state index in [2.05, 4.69) is 56.6 Å². The van der Waals surface area contributed by atoms with Gasteiger partial charge in [-0.2, -0.15) is 11.8 Å². The summed E-state index contributed by atoms with van der Waals surface area (Å²) in [4.78, 5) is 13.7. The van der Waals surface area contributed by atoms with E-state index in [1.807, 2.05) is 31.1 Å². The fourth-order valence-electron chi connectivity index (χ4n) is 3.68. The number of rotatable bonds is 5. The number of pyridine rings is 1. The minimum atomic E-state index is 0. The van der Waals surface area contributed by atoms with E-state index in [1.165, 1.54) is 17.9 Å².